The molecule has 0 spiro atoms. The molecule has 0 aliphatic heterocycles. The van der Waals surface area contributed by atoms with E-state index < -0.39 is 10.0 Å². The highest BCUT2D eigenvalue weighted by molar-refractivity contribution is 7.89. The molecule has 18 heavy (non-hydrogen) atoms. The van der Waals surface area contributed by atoms with Gasteiger partial charge in [-0.3, -0.25) is 0 Å². The minimum absolute atomic E-state index is 0.0521. The van der Waals surface area contributed by atoms with Crippen LogP contribution in [0.5, 0.6) is 0 Å². The van der Waals surface area contributed by atoms with E-state index in [1.807, 2.05) is 0 Å². The van der Waals surface area contributed by atoms with Crippen molar-refractivity contribution < 1.29 is 12.8 Å². The van der Waals surface area contributed by atoms with Crippen molar-refractivity contribution in [3.8, 4) is 0 Å². The molecule has 0 saturated carbocycles. The summed E-state index contributed by atoms with van der Waals surface area (Å²) in [6.45, 7) is 0.394. The molecule has 0 amide bonds. The third-order valence-electron chi connectivity index (χ3n) is 3.26. The van der Waals surface area contributed by atoms with Gasteiger partial charge in [0, 0.05) is 12.6 Å². The predicted octanol–water partition coefficient (Wildman–Crippen LogP) is 0.952. The Morgan fingerprint density at radius 2 is 2.22 bits per heavy atom. The summed E-state index contributed by atoms with van der Waals surface area (Å²) >= 11 is 0. The number of fused-ring (bicyclic) bond motifs is 1. The summed E-state index contributed by atoms with van der Waals surface area (Å²) in [5.41, 5.74) is 2.10. The first kappa shape index (κ1) is 13.5. The van der Waals surface area contributed by atoms with E-state index in [9.17, 15) is 12.8 Å². The van der Waals surface area contributed by atoms with Gasteiger partial charge in [0.15, 0.2) is 0 Å². The van der Waals surface area contributed by atoms with E-state index in [0.29, 0.717) is 6.54 Å². The third kappa shape index (κ3) is 3.07. The molecular formula is C12H17FN2O2S. The predicted molar refractivity (Wildman–Crippen MR) is 68.3 cm³/mol. The molecule has 1 unspecified atom stereocenters. The van der Waals surface area contributed by atoms with E-state index in [1.54, 1.807) is 12.1 Å². The molecular weight excluding hydrogens is 255 g/mol. The fourth-order valence-corrected chi connectivity index (χ4v) is 2.86. The fraction of sp³-hybridized carbons (Fsp3) is 0.500. The van der Waals surface area contributed by atoms with Gasteiger partial charge in [-0.2, -0.15) is 0 Å². The standard InChI is InChI=1S/C12H17FN2O2S/c1-14-18(16,17)7-6-15-12-5-2-9-8-10(13)3-4-11(9)12/h3-4,8,12,14-15H,2,5-7H2,1H3. The molecule has 0 saturated heterocycles. The van der Waals surface area contributed by atoms with Gasteiger partial charge in [0.2, 0.25) is 10.0 Å². The van der Waals surface area contributed by atoms with E-state index in [4.69, 9.17) is 0 Å². The summed E-state index contributed by atoms with van der Waals surface area (Å²) in [5.74, 6) is -0.163. The summed E-state index contributed by atoms with van der Waals surface area (Å²) in [4.78, 5) is 0. The van der Waals surface area contributed by atoms with E-state index in [2.05, 4.69) is 10.0 Å². The van der Waals surface area contributed by atoms with Crippen LogP contribution in [0.25, 0.3) is 0 Å². The Hall–Kier alpha value is -0.980. The van der Waals surface area contributed by atoms with Gasteiger partial charge in [0.1, 0.15) is 5.82 Å². The lowest BCUT2D eigenvalue weighted by atomic mass is 10.1. The van der Waals surface area contributed by atoms with Crippen LogP contribution in [0.4, 0.5) is 4.39 Å². The number of halogens is 1. The molecule has 1 atom stereocenters. The summed E-state index contributed by atoms with van der Waals surface area (Å²) in [7, 11) is -1.76. The largest absolute Gasteiger partial charge is 0.309 e. The van der Waals surface area contributed by atoms with E-state index in [0.717, 1.165) is 24.0 Å². The maximum atomic E-state index is 13.0. The zero-order chi connectivity index (χ0) is 13.2. The molecule has 1 aliphatic rings. The van der Waals surface area contributed by atoms with Crippen LogP contribution in [0.3, 0.4) is 0 Å². The van der Waals surface area contributed by atoms with Crippen molar-refractivity contribution in [2.45, 2.75) is 18.9 Å². The van der Waals surface area contributed by atoms with Crippen LogP contribution in [0, 0.1) is 5.82 Å². The van der Waals surface area contributed by atoms with Gasteiger partial charge in [0.05, 0.1) is 5.75 Å². The second-order valence-electron chi connectivity index (χ2n) is 4.41. The second kappa shape index (κ2) is 5.34. The molecule has 0 aromatic heterocycles. The van der Waals surface area contributed by atoms with Crippen LogP contribution in [0.1, 0.15) is 23.6 Å². The highest BCUT2D eigenvalue weighted by atomic mass is 32.2. The Morgan fingerprint density at radius 1 is 1.44 bits per heavy atom. The zero-order valence-corrected chi connectivity index (χ0v) is 11.1. The highest BCUT2D eigenvalue weighted by Crippen LogP contribution is 2.31. The normalized spacial score (nSPS) is 18.9. The Labute approximate surface area is 107 Å². The lowest BCUT2D eigenvalue weighted by Gasteiger charge is -2.13. The number of rotatable bonds is 5. The molecule has 0 bridgehead atoms. The summed E-state index contributed by atoms with van der Waals surface area (Å²) in [5, 5.41) is 3.21. The minimum atomic E-state index is -3.17. The van der Waals surface area contributed by atoms with E-state index >= 15 is 0 Å². The summed E-state index contributed by atoms with van der Waals surface area (Å²) < 4.78 is 37.8. The van der Waals surface area contributed by atoms with Crippen molar-refractivity contribution in [1.82, 2.24) is 10.0 Å². The molecule has 1 aliphatic carbocycles. The monoisotopic (exact) mass is 272 g/mol. The molecule has 0 radical (unpaired) electrons. The highest BCUT2D eigenvalue weighted by Gasteiger charge is 2.22. The molecule has 100 valence electrons. The first-order valence-electron chi connectivity index (χ1n) is 5.95. The van der Waals surface area contributed by atoms with E-state index in [-0.39, 0.29) is 17.6 Å². The first-order valence-corrected chi connectivity index (χ1v) is 7.60. The molecule has 1 aromatic rings. The van der Waals surface area contributed by atoms with E-state index in [1.165, 1.54) is 13.1 Å². The molecule has 1 aromatic carbocycles. The number of nitrogens with one attached hydrogen (secondary N) is 2. The topological polar surface area (TPSA) is 58.2 Å². The lowest BCUT2D eigenvalue weighted by Crippen LogP contribution is -2.31. The molecule has 0 heterocycles. The van der Waals surface area contributed by atoms with Crippen molar-refractivity contribution in [3.05, 3.63) is 35.1 Å². The maximum Gasteiger partial charge on any atom is 0.212 e. The van der Waals surface area contributed by atoms with Crippen LogP contribution in [-0.4, -0.2) is 27.8 Å². The van der Waals surface area contributed by atoms with Crippen molar-refractivity contribution in [2.75, 3.05) is 19.3 Å². The number of hydrogen-bond donors (Lipinski definition) is 2. The number of sulfonamides is 1. The van der Waals surface area contributed by atoms with Crippen LogP contribution < -0.4 is 10.0 Å². The number of aryl methyl sites for hydroxylation is 1. The molecule has 6 heteroatoms. The van der Waals surface area contributed by atoms with Gasteiger partial charge < -0.3 is 5.32 Å². The van der Waals surface area contributed by atoms with Gasteiger partial charge in [-0.1, -0.05) is 6.07 Å². The number of hydrogen-bond acceptors (Lipinski definition) is 3. The van der Waals surface area contributed by atoms with Crippen LogP contribution in [-0.2, 0) is 16.4 Å². The lowest BCUT2D eigenvalue weighted by molar-refractivity contribution is 0.539. The second-order valence-corrected chi connectivity index (χ2v) is 6.46. The fourth-order valence-electron chi connectivity index (χ4n) is 2.27. The van der Waals surface area contributed by atoms with Crippen molar-refractivity contribution in [2.24, 2.45) is 0 Å². The maximum absolute atomic E-state index is 13.0. The summed E-state index contributed by atoms with van der Waals surface area (Å²) in [6, 6.07) is 4.92. The minimum Gasteiger partial charge on any atom is -0.309 e. The van der Waals surface area contributed by atoms with Crippen LogP contribution >= 0.6 is 0 Å². The summed E-state index contributed by atoms with van der Waals surface area (Å²) in [6.07, 6.45) is 1.72. The smallest absolute Gasteiger partial charge is 0.212 e. The Balaban J connectivity index is 1.94. The molecule has 2 N–H and O–H groups in total. The third-order valence-corrected chi connectivity index (χ3v) is 4.62. The average molecular weight is 272 g/mol. The van der Waals surface area contributed by atoms with Gasteiger partial charge >= 0.3 is 0 Å². The Morgan fingerprint density at radius 3 is 2.94 bits per heavy atom. The molecule has 0 fully saturated rings. The first-order chi connectivity index (χ1) is 8.52. The number of benzene rings is 1. The average Bonchev–Trinajstić information content (AvgIpc) is 2.71. The van der Waals surface area contributed by atoms with Crippen LogP contribution in [0.2, 0.25) is 0 Å². The Bertz CT molecular complexity index is 531. The molecule has 4 nitrogen and oxygen atoms in total. The quantitative estimate of drug-likeness (QED) is 0.839. The van der Waals surface area contributed by atoms with Crippen LogP contribution in [0.15, 0.2) is 18.2 Å². The van der Waals surface area contributed by atoms with Gasteiger partial charge in [-0.05, 0) is 43.1 Å². The zero-order valence-electron chi connectivity index (χ0n) is 10.2. The Kier molecular flexibility index (Phi) is 3.99. The van der Waals surface area contributed by atoms with Gasteiger partial charge in [-0.25, -0.2) is 17.5 Å². The molecule has 2 rings (SSSR count). The SMILES string of the molecule is CNS(=O)(=O)CCNC1CCc2cc(F)ccc21. The van der Waals surface area contributed by atoms with Gasteiger partial charge in [-0.15, -0.1) is 0 Å². The van der Waals surface area contributed by atoms with Crippen molar-refractivity contribution in [1.29, 1.82) is 0 Å². The van der Waals surface area contributed by atoms with Crippen molar-refractivity contribution in [3.63, 3.8) is 0 Å². The van der Waals surface area contributed by atoms with Gasteiger partial charge in [0.25, 0.3) is 0 Å². The van der Waals surface area contributed by atoms with Crippen molar-refractivity contribution >= 4 is 10.0 Å².